The largest absolute Gasteiger partial charge is 0.322 e. The molecule has 6 heteroatoms. The number of anilines is 1. The molecule has 1 N–H and O–H groups in total. The second-order valence-corrected chi connectivity index (χ2v) is 5.46. The number of hydrogen-bond acceptors (Lipinski definition) is 4. The second kappa shape index (κ2) is 6.00. The van der Waals surface area contributed by atoms with Gasteiger partial charge in [-0.25, -0.2) is 4.68 Å². The average molecular weight is 307 g/mol. The van der Waals surface area contributed by atoms with E-state index in [1.807, 2.05) is 56.3 Å². The maximum atomic E-state index is 12.4. The molecule has 0 atom stereocenters. The van der Waals surface area contributed by atoms with Gasteiger partial charge < -0.3 is 5.32 Å². The Bertz CT molecular complexity index is 869. The summed E-state index contributed by atoms with van der Waals surface area (Å²) in [7, 11) is 1.77. The third-order valence-corrected chi connectivity index (χ3v) is 3.77. The lowest BCUT2D eigenvalue weighted by Crippen LogP contribution is -2.12. The summed E-state index contributed by atoms with van der Waals surface area (Å²) in [5.41, 5.74) is 4.44. The summed E-state index contributed by atoms with van der Waals surface area (Å²) in [5, 5.41) is 14.3. The van der Waals surface area contributed by atoms with E-state index in [0.29, 0.717) is 17.1 Å². The van der Waals surface area contributed by atoms with Gasteiger partial charge in [0.05, 0.1) is 0 Å². The van der Waals surface area contributed by atoms with Gasteiger partial charge in [0.25, 0.3) is 5.91 Å². The Balaban J connectivity index is 1.84. The minimum atomic E-state index is -0.138. The highest BCUT2D eigenvalue weighted by Crippen LogP contribution is 2.20. The Hall–Kier alpha value is -3.02. The number of carbonyl (C=O) groups excluding carboxylic acids is 1. The van der Waals surface area contributed by atoms with E-state index in [0.717, 1.165) is 11.1 Å². The fourth-order valence-corrected chi connectivity index (χ4v) is 2.30. The van der Waals surface area contributed by atoms with Gasteiger partial charge in [-0.15, -0.1) is 5.10 Å². The predicted molar refractivity (Wildman–Crippen MR) is 88.1 cm³/mol. The minimum absolute atomic E-state index is 0.138. The Kier molecular flexibility index (Phi) is 3.89. The lowest BCUT2D eigenvalue weighted by Gasteiger charge is -2.08. The Labute approximate surface area is 134 Å². The van der Waals surface area contributed by atoms with Crippen molar-refractivity contribution in [3.8, 4) is 11.4 Å². The topological polar surface area (TPSA) is 72.7 Å². The van der Waals surface area contributed by atoms with E-state index >= 15 is 0 Å². The van der Waals surface area contributed by atoms with Crippen molar-refractivity contribution in [1.82, 2.24) is 20.2 Å². The smallest absolute Gasteiger partial charge is 0.255 e. The highest BCUT2D eigenvalue weighted by atomic mass is 16.1. The summed E-state index contributed by atoms with van der Waals surface area (Å²) >= 11 is 0. The zero-order valence-electron chi connectivity index (χ0n) is 13.2. The predicted octanol–water partition coefficient (Wildman–Crippen LogP) is 2.75. The van der Waals surface area contributed by atoms with Gasteiger partial charge in [-0.2, -0.15) is 0 Å². The first-order valence-electron chi connectivity index (χ1n) is 7.26. The molecule has 0 fully saturated rings. The van der Waals surface area contributed by atoms with Crippen molar-refractivity contribution in [1.29, 1.82) is 0 Å². The Morgan fingerprint density at radius 2 is 1.91 bits per heavy atom. The van der Waals surface area contributed by atoms with Gasteiger partial charge in [-0.3, -0.25) is 4.79 Å². The lowest BCUT2D eigenvalue weighted by molar-refractivity contribution is 0.102. The lowest BCUT2D eigenvalue weighted by atomic mass is 10.1. The van der Waals surface area contributed by atoms with Crippen LogP contribution in [0.5, 0.6) is 0 Å². The van der Waals surface area contributed by atoms with Crippen LogP contribution in [0, 0.1) is 13.8 Å². The summed E-state index contributed by atoms with van der Waals surface area (Å²) in [6.07, 6.45) is 0. The molecular weight excluding hydrogens is 290 g/mol. The van der Waals surface area contributed by atoms with E-state index in [1.54, 1.807) is 11.7 Å². The molecule has 3 aromatic rings. The molecule has 0 saturated carbocycles. The van der Waals surface area contributed by atoms with E-state index in [1.165, 1.54) is 5.56 Å². The first kappa shape index (κ1) is 14.9. The number of aryl methyl sites for hydroxylation is 3. The molecule has 1 aromatic heterocycles. The Morgan fingerprint density at radius 1 is 1.09 bits per heavy atom. The molecule has 23 heavy (non-hydrogen) atoms. The van der Waals surface area contributed by atoms with Crippen LogP contribution in [-0.2, 0) is 7.05 Å². The number of rotatable bonds is 3. The van der Waals surface area contributed by atoms with Crippen molar-refractivity contribution in [2.45, 2.75) is 13.8 Å². The van der Waals surface area contributed by atoms with Gasteiger partial charge in [-0.05, 0) is 59.7 Å². The maximum absolute atomic E-state index is 12.4. The highest BCUT2D eigenvalue weighted by Gasteiger charge is 2.10. The van der Waals surface area contributed by atoms with E-state index in [4.69, 9.17) is 0 Å². The molecule has 0 spiro atoms. The van der Waals surface area contributed by atoms with Crippen molar-refractivity contribution in [3.63, 3.8) is 0 Å². The summed E-state index contributed by atoms with van der Waals surface area (Å²) in [6, 6.07) is 13.1. The molecule has 3 rings (SSSR count). The number of benzene rings is 2. The number of amides is 1. The molecule has 6 nitrogen and oxygen atoms in total. The monoisotopic (exact) mass is 307 g/mol. The fraction of sp³-hybridized carbons (Fsp3) is 0.176. The van der Waals surface area contributed by atoms with Crippen LogP contribution < -0.4 is 5.32 Å². The van der Waals surface area contributed by atoms with Crippen LogP contribution in [0.15, 0.2) is 42.5 Å². The van der Waals surface area contributed by atoms with Gasteiger partial charge in [-0.1, -0.05) is 18.2 Å². The molecule has 2 aromatic carbocycles. The average Bonchev–Trinajstić information content (AvgIpc) is 2.96. The SMILES string of the molecule is Cc1ccc(C(=O)Nc2cccc(-c3nnnn3C)c2)cc1C. The van der Waals surface area contributed by atoms with Crippen LogP contribution >= 0.6 is 0 Å². The molecule has 0 aliphatic rings. The van der Waals surface area contributed by atoms with E-state index in [-0.39, 0.29) is 5.91 Å². The van der Waals surface area contributed by atoms with Crippen LogP contribution in [0.4, 0.5) is 5.69 Å². The molecule has 0 radical (unpaired) electrons. The van der Waals surface area contributed by atoms with Crippen molar-refractivity contribution < 1.29 is 4.79 Å². The van der Waals surface area contributed by atoms with E-state index < -0.39 is 0 Å². The first-order valence-corrected chi connectivity index (χ1v) is 7.26. The number of aromatic nitrogens is 4. The number of nitrogens with zero attached hydrogens (tertiary/aromatic N) is 4. The third kappa shape index (κ3) is 3.11. The molecule has 1 amide bonds. The van der Waals surface area contributed by atoms with Crippen LogP contribution in [0.1, 0.15) is 21.5 Å². The number of hydrogen-bond donors (Lipinski definition) is 1. The van der Waals surface area contributed by atoms with Crippen molar-refractivity contribution in [2.75, 3.05) is 5.32 Å². The van der Waals surface area contributed by atoms with Crippen molar-refractivity contribution in [2.24, 2.45) is 7.05 Å². The van der Waals surface area contributed by atoms with Crippen LogP contribution in [-0.4, -0.2) is 26.1 Å². The minimum Gasteiger partial charge on any atom is -0.322 e. The number of tetrazole rings is 1. The standard InChI is InChI=1S/C17H17N5O/c1-11-7-8-14(9-12(11)2)17(23)18-15-6-4-5-13(10-15)16-19-20-21-22(16)3/h4-10H,1-3H3,(H,18,23). The Morgan fingerprint density at radius 3 is 2.61 bits per heavy atom. The summed E-state index contributed by atoms with van der Waals surface area (Å²) < 4.78 is 1.59. The molecule has 0 saturated heterocycles. The van der Waals surface area contributed by atoms with Gasteiger partial charge in [0.15, 0.2) is 5.82 Å². The van der Waals surface area contributed by atoms with Crippen molar-refractivity contribution >= 4 is 11.6 Å². The van der Waals surface area contributed by atoms with Gasteiger partial charge in [0.2, 0.25) is 0 Å². The quantitative estimate of drug-likeness (QED) is 0.807. The van der Waals surface area contributed by atoms with Gasteiger partial charge in [0.1, 0.15) is 0 Å². The van der Waals surface area contributed by atoms with Gasteiger partial charge >= 0.3 is 0 Å². The fourth-order valence-electron chi connectivity index (χ4n) is 2.30. The summed E-state index contributed by atoms with van der Waals surface area (Å²) in [4.78, 5) is 12.4. The number of nitrogens with one attached hydrogen (secondary N) is 1. The zero-order valence-corrected chi connectivity index (χ0v) is 13.2. The first-order chi connectivity index (χ1) is 11.0. The molecule has 116 valence electrons. The molecular formula is C17H17N5O. The summed E-state index contributed by atoms with van der Waals surface area (Å²) in [5.74, 6) is 0.508. The van der Waals surface area contributed by atoms with E-state index in [9.17, 15) is 4.79 Å². The second-order valence-electron chi connectivity index (χ2n) is 5.46. The normalized spacial score (nSPS) is 10.6. The number of carbonyl (C=O) groups is 1. The van der Waals surface area contributed by atoms with Crippen LogP contribution in [0.2, 0.25) is 0 Å². The van der Waals surface area contributed by atoms with Crippen LogP contribution in [0.3, 0.4) is 0 Å². The highest BCUT2D eigenvalue weighted by molar-refractivity contribution is 6.04. The zero-order chi connectivity index (χ0) is 16.4. The van der Waals surface area contributed by atoms with Crippen LogP contribution in [0.25, 0.3) is 11.4 Å². The summed E-state index contributed by atoms with van der Waals surface area (Å²) in [6.45, 7) is 4.02. The molecule has 1 heterocycles. The van der Waals surface area contributed by atoms with Crippen molar-refractivity contribution in [3.05, 3.63) is 59.2 Å². The molecule has 0 aliphatic carbocycles. The third-order valence-electron chi connectivity index (χ3n) is 3.77. The van der Waals surface area contributed by atoms with Gasteiger partial charge in [0, 0.05) is 23.9 Å². The molecule has 0 bridgehead atoms. The molecule has 0 aliphatic heterocycles. The van der Waals surface area contributed by atoms with E-state index in [2.05, 4.69) is 20.8 Å². The maximum Gasteiger partial charge on any atom is 0.255 e. The molecule has 0 unspecified atom stereocenters.